The summed E-state index contributed by atoms with van der Waals surface area (Å²) in [6.07, 6.45) is 24.7. The van der Waals surface area contributed by atoms with Crippen LogP contribution in [0.25, 0.3) is 0 Å². The molecule has 0 bridgehead atoms. The van der Waals surface area contributed by atoms with Gasteiger partial charge in [-0.3, -0.25) is 51.1 Å². The maximum atomic E-state index is 10.3. The van der Waals surface area contributed by atoms with Gasteiger partial charge in [0, 0.05) is 45.6 Å². The number of carboxylic acid groups (broad SMARTS) is 7. The number of aliphatic carboxylic acids is 4. The maximum Gasteiger partial charge on any atom is 0.469 e. The Morgan fingerprint density at radius 3 is 0.820 bits per heavy atom. The number of phosphoric acid groups is 2. The lowest BCUT2D eigenvalue weighted by Gasteiger charge is -2.24. The summed E-state index contributed by atoms with van der Waals surface area (Å²) in [7, 11) is -31.9. The molecule has 0 saturated carbocycles. The number of rotatable bonds is 45. The molecular formula is C54H135N10O40P7. The Labute approximate surface area is 646 Å². The van der Waals surface area contributed by atoms with Crippen LogP contribution in [0.4, 0.5) is 14.4 Å². The minimum atomic E-state index is -5.20. The molecule has 0 aliphatic carbocycles. The van der Waals surface area contributed by atoms with Crippen molar-refractivity contribution >= 4 is 95.8 Å². The molecule has 0 saturated heterocycles. The van der Waals surface area contributed by atoms with Crippen molar-refractivity contribution in [3.05, 3.63) is 0 Å². The molecule has 2 unspecified atom stereocenters. The summed E-state index contributed by atoms with van der Waals surface area (Å²) in [5, 5.41) is 86.1. The summed E-state index contributed by atoms with van der Waals surface area (Å²) >= 11 is 0. The van der Waals surface area contributed by atoms with Crippen LogP contribution < -0.4 is 56.1 Å². The third-order valence-corrected chi connectivity index (χ3v) is 19.1. The fourth-order valence-electron chi connectivity index (χ4n) is 5.36. The molecule has 0 rings (SSSR count). The van der Waals surface area contributed by atoms with Gasteiger partial charge in [-0.25, -0.2) is 23.5 Å². The Morgan fingerprint density at radius 1 is 0.396 bits per heavy atom. The van der Waals surface area contributed by atoms with Crippen LogP contribution in [0.2, 0.25) is 0 Å². The standard InChI is InChI=1S/C16H33NO2.C8H17NO2.C6H13NO2.C5H10O2.C4H12NO5P.C3H8NO6P.C3H7NO2.C2H8NO4P.C2H8NO3P.C2H5NO2.C2H8O7P2.CH6NO3P/c1-2-3-4-5-6-7-8-9-10-11-12-13-14-15-17-16(18)19;1-2-3-4-5-6-7-9-8(10)11;1-2-3-4-5-7-6(8)9;1-2-3-4-5(6)7;5-3-1-2-4(6,7)11(8,9)10;4-2(3(5)6)1-10-11(7,8)9;4-2-1-3(5)6;3-1-2-7-8(4,5)6;1-2(3)7(4,5)6;3-1-2(4)5;1-2(3,10(4,5)6)11(7,8)9;2-1-6(3,4)5/h17H,2-15H2,1H3,(H,18,19);9H,2-7H2,1H3,(H,10,11);7H,2-5H2,1H3,(H,8,9);2-4H2,1H3,(H,6,7);6-7H,1-3,5H2,(H2,8,9,10);2H,1,4H2,(H,5,6)(H2,7,8,9);1-2,4H2,(H,5,6);1-3H2,(H2,4,5,6);2H,3H2,1H3,(H2,4,5,6);1,3H2,(H,4,5);3H,1H3,(H2,4,5,6)(H2,7,8,9);1-2H2,(H2,3,4,5). The molecular weight excluding hydrogens is 1650 g/mol. The number of phosphoric ester groups is 2. The highest BCUT2D eigenvalue weighted by molar-refractivity contribution is 7.72. The average Bonchev–Trinajstić information content (AvgIpc) is 0.794. The molecule has 111 heavy (non-hydrogen) atoms. The van der Waals surface area contributed by atoms with E-state index in [4.69, 9.17) is 148 Å². The molecule has 0 aliphatic rings. The van der Waals surface area contributed by atoms with E-state index in [9.17, 15) is 65.5 Å². The zero-order valence-corrected chi connectivity index (χ0v) is 70.0. The summed E-state index contributed by atoms with van der Waals surface area (Å²) < 4.78 is 77.8. The van der Waals surface area contributed by atoms with Gasteiger partial charge in [0.05, 0.1) is 32.5 Å². The van der Waals surface area contributed by atoms with Crippen molar-refractivity contribution in [1.29, 1.82) is 0 Å². The van der Waals surface area contributed by atoms with E-state index in [1.54, 1.807) is 0 Å². The molecule has 0 aromatic carbocycles. The Kier molecular flexibility index (Phi) is 99.5. The van der Waals surface area contributed by atoms with E-state index >= 15 is 0 Å². The largest absolute Gasteiger partial charge is 0.481 e. The van der Waals surface area contributed by atoms with Crippen LogP contribution in [0.15, 0.2) is 0 Å². The van der Waals surface area contributed by atoms with Crippen LogP contribution in [0.3, 0.4) is 0 Å². The van der Waals surface area contributed by atoms with Crippen LogP contribution >= 0.6 is 53.6 Å². The fourth-order valence-corrected chi connectivity index (χ4v) is 7.86. The molecule has 3 amide bonds. The van der Waals surface area contributed by atoms with E-state index in [2.05, 4.69) is 57.2 Å². The number of carbonyl (C=O) groups is 7. The van der Waals surface area contributed by atoms with Gasteiger partial charge in [-0.05, 0) is 52.5 Å². The average molecular weight is 1780 g/mol. The number of unbranched alkanes of at least 4 members (excludes halogenated alkanes) is 19. The third-order valence-electron chi connectivity index (χ3n) is 11.6. The fraction of sp³-hybridized carbons (Fsp3) is 0.870. The molecule has 0 aliphatic heterocycles. The van der Waals surface area contributed by atoms with Gasteiger partial charge in [-0.1, -0.05) is 150 Å². The van der Waals surface area contributed by atoms with Gasteiger partial charge in [-0.15, -0.1) is 0 Å². The Hall–Kier alpha value is -3.74. The Morgan fingerprint density at radius 2 is 0.667 bits per heavy atom. The maximum absolute atomic E-state index is 10.3. The minimum Gasteiger partial charge on any atom is -0.481 e. The zero-order valence-electron chi connectivity index (χ0n) is 63.8. The summed E-state index contributed by atoms with van der Waals surface area (Å²) in [5.41, 5.74) is 30.6. The second kappa shape index (κ2) is 82.8. The number of hydrogen-bond donors (Lipinski definition) is 34. The van der Waals surface area contributed by atoms with Crippen molar-refractivity contribution in [3.63, 3.8) is 0 Å². The van der Waals surface area contributed by atoms with E-state index in [1.807, 2.05) is 6.92 Å². The van der Waals surface area contributed by atoms with Crippen molar-refractivity contribution in [3.8, 4) is 0 Å². The molecule has 57 heteroatoms. The predicted molar refractivity (Wildman–Crippen MR) is 407 cm³/mol. The quantitative estimate of drug-likeness (QED) is 0.0236. The topological polar surface area (TPSA) is 961 Å². The summed E-state index contributed by atoms with van der Waals surface area (Å²) in [5.74, 6) is -4.91. The second-order valence-electron chi connectivity index (χ2n) is 22.4. The molecule has 50 nitrogen and oxygen atoms in total. The highest BCUT2D eigenvalue weighted by Gasteiger charge is 2.55. The molecule has 0 radical (unpaired) electrons. The van der Waals surface area contributed by atoms with Crippen LogP contribution in [0, 0.1) is 0 Å². The number of aliphatic hydroxyl groups is 3. The second-order valence-corrected chi connectivity index (χ2v) is 34.6. The number of carboxylic acids is 4. The SMILES string of the molecule is CC(N)P(=O)(O)O.CC(O)(P(=O)(O)O)P(=O)(O)O.CCCCC(=O)O.CCCCCCCCCCCCCCCNC(=O)O.CCCCCCCNC(=O)O.CCCCCNC(=O)O.NC(COP(=O)(O)O)C(=O)O.NCC(=O)O.NCCC(=O)O.NCCCC(O)(O)P(=O)(O)O.NCCOP(=O)(O)O.NCP(=O)(O)O. The highest BCUT2D eigenvalue weighted by atomic mass is 31.2. The van der Waals surface area contributed by atoms with Crippen LogP contribution in [-0.4, -0.2) is 249 Å². The van der Waals surface area contributed by atoms with Crippen molar-refractivity contribution in [2.45, 2.75) is 237 Å². The number of amides is 3. The smallest absolute Gasteiger partial charge is 0.469 e. The van der Waals surface area contributed by atoms with Gasteiger partial charge >= 0.3 is 95.8 Å². The van der Waals surface area contributed by atoms with Gasteiger partial charge in [0.1, 0.15) is 11.8 Å². The Balaban J connectivity index is -0.0000000980. The van der Waals surface area contributed by atoms with Crippen LogP contribution in [0.5, 0.6) is 0 Å². The molecule has 41 N–H and O–H groups in total. The van der Waals surface area contributed by atoms with Crippen molar-refractivity contribution in [2.75, 3.05) is 65.3 Å². The lowest BCUT2D eigenvalue weighted by molar-refractivity contribution is -0.139. The first-order chi connectivity index (χ1) is 50.3. The molecule has 676 valence electrons. The van der Waals surface area contributed by atoms with E-state index < -0.39 is 138 Å². The highest BCUT2D eigenvalue weighted by Crippen LogP contribution is 2.67. The molecule has 0 spiro atoms. The number of nitrogens with one attached hydrogen (secondary N) is 3. The monoisotopic (exact) mass is 1780 g/mol. The van der Waals surface area contributed by atoms with Crippen LogP contribution in [0.1, 0.15) is 215 Å². The van der Waals surface area contributed by atoms with Gasteiger partial charge in [-0.2, -0.15) is 0 Å². The molecule has 0 heterocycles. The molecule has 0 aromatic rings. The van der Waals surface area contributed by atoms with Crippen molar-refractivity contribution in [2.24, 2.45) is 40.1 Å². The number of nitrogens with two attached hydrogens (primary N) is 7. The number of hydrogen-bond acceptors (Lipinski definition) is 26. The van der Waals surface area contributed by atoms with Crippen molar-refractivity contribution < 1.29 is 194 Å². The minimum absolute atomic E-state index is 0.0694. The Bertz CT molecular complexity index is 2590. The lowest BCUT2D eigenvalue weighted by atomic mass is 10.0. The van der Waals surface area contributed by atoms with E-state index in [0.717, 1.165) is 57.8 Å². The third kappa shape index (κ3) is 139. The first-order valence-electron chi connectivity index (χ1n) is 34.0. The normalized spacial score (nSPS) is 11.6. The van der Waals surface area contributed by atoms with Gasteiger partial charge in [0.15, 0.2) is 0 Å². The van der Waals surface area contributed by atoms with Gasteiger partial charge < -0.3 is 176 Å². The van der Waals surface area contributed by atoms with E-state index in [-0.39, 0.29) is 45.6 Å². The summed E-state index contributed by atoms with van der Waals surface area (Å²) in [6.45, 7) is 11.3. The van der Waals surface area contributed by atoms with Gasteiger partial charge in [0.25, 0.3) is 10.6 Å². The summed E-state index contributed by atoms with van der Waals surface area (Å²) in [4.78, 5) is 182. The summed E-state index contributed by atoms with van der Waals surface area (Å²) in [6, 6.07) is -1.41. The zero-order chi connectivity index (χ0) is 90.4. The van der Waals surface area contributed by atoms with Crippen molar-refractivity contribution in [1.82, 2.24) is 16.0 Å². The first-order valence-corrected chi connectivity index (χ1v) is 45.3. The molecule has 0 aromatic heterocycles. The van der Waals surface area contributed by atoms with Gasteiger partial charge in [0.2, 0.25) is 0 Å². The predicted octanol–water partition coefficient (Wildman–Crippen LogP) is 2.38. The first kappa shape index (κ1) is 133. The van der Waals surface area contributed by atoms with Crippen LogP contribution in [-0.2, 0) is 60.2 Å². The van der Waals surface area contributed by atoms with E-state index in [0.29, 0.717) is 33.0 Å². The lowest BCUT2D eigenvalue weighted by Crippen LogP contribution is -2.34. The molecule has 2 atom stereocenters. The molecule has 0 fully saturated rings. The van der Waals surface area contributed by atoms with E-state index in [1.165, 1.54) is 96.8 Å².